The molecule has 2 aromatic carbocycles. The predicted octanol–water partition coefficient (Wildman–Crippen LogP) is 4.35. The standard InChI is InChI=1S/C22H20ClN3O2/c1-28-20-14-15(6-10-19(20)26-13-12-24-22(26)23)7-11-21(27)25-18-9-8-16-4-2-3-5-17(16)18/h2-7,10-14,18H,8-9H2,1H3,(H,25,27). The number of fused-ring (bicyclic) bond motifs is 1. The van der Waals surface area contributed by atoms with Crippen molar-refractivity contribution in [2.75, 3.05) is 7.11 Å². The highest BCUT2D eigenvalue weighted by Crippen LogP contribution is 2.31. The molecule has 1 aromatic heterocycles. The smallest absolute Gasteiger partial charge is 0.244 e. The molecule has 1 atom stereocenters. The summed E-state index contributed by atoms with van der Waals surface area (Å²) >= 11 is 6.09. The molecular weight excluding hydrogens is 374 g/mol. The zero-order chi connectivity index (χ0) is 19.5. The molecule has 4 rings (SSSR count). The molecule has 1 amide bonds. The number of carbonyl (C=O) groups is 1. The van der Waals surface area contributed by atoms with Gasteiger partial charge in [0.25, 0.3) is 0 Å². The highest BCUT2D eigenvalue weighted by molar-refractivity contribution is 6.28. The summed E-state index contributed by atoms with van der Waals surface area (Å²) in [4.78, 5) is 16.4. The molecule has 142 valence electrons. The zero-order valence-corrected chi connectivity index (χ0v) is 16.2. The molecular formula is C22H20ClN3O2. The van der Waals surface area contributed by atoms with Gasteiger partial charge in [0.15, 0.2) is 0 Å². The lowest BCUT2D eigenvalue weighted by Gasteiger charge is -2.12. The van der Waals surface area contributed by atoms with Gasteiger partial charge in [0.2, 0.25) is 11.2 Å². The first-order valence-electron chi connectivity index (χ1n) is 9.09. The molecule has 0 fully saturated rings. The van der Waals surface area contributed by atoms with Crippen molar-refractivity contribution in [3.8, 4) is 11.4 Å². The number of aromatic nitrogens is 2. The van der Waals surface area contributed by atoms with E-state index in [0.29, 0.717) is 11.0 Å². The van der Waals surface area contributed by atoms with Crippen LogP contribution in [0.5, 0.6) is 5.75 Å². The number of halogens is 1. The number of imidazole rings is 1. The van der Waals surface area contributed by atoms with Gasteiger partial charge in [-0.05, 0) is 59.3 Å². The Labute approximate surface area is 168 Å². The zero-order valence-electron chi connectivity index (χ0n) is 15.4. The third-order valence-corrected chi connectivity index (χ3v) is 5.22. The van der Waals surface area contributed by atoms with E-state index >= 15 is 0 Å². The average molecular weight is 394 g/mol. The molecule has 0 aliphatic heterocycles. The average Bonchev–Trinajstić information content (AvgIpc) is 3.32. The van der Waals surface area contributed by atoms with Gasteiger partial charge in [-0.3, -0.25) is 9.36 Å². The number of benzene rings is 2. The number of carbonyl (C=O) groups excluding carboxylic acids is 1. The van der Waals surface area contributed by atoms with E-state index in [1.807, 2.05) is 30.3 Å². The van der Waals surface area contributed by atoms with Gasteiger partial charge in [-0.15, -0.1) is 0 Å². The highest BCUT2D eigenvalue weighted by Gasteiger charge is 2.22. The maximum Gasteiger partial charge on any atom is 0.244 e. The molecule has 28 heavy (non-hydrogen) atoms. The number of nitrogens with zero attached hydrogens (tertiary/aromatic N) is 2. The maximum absolute atomic E-state index is 12.4. The summed E-state index contributed by atoms with van der Waals surface area (Å²) in [5.41, 5.74) is 4.18. The Morgan fingerprint density at radius 2 is 2.18 bits per heavy atom. The second-order valence-corrected chi connectivity index (χ2v) is 6.97. The van der Waals surface area contributed by atoms with E-state index in [-0.39, 0.29) is 11.9 Å². The molecule has 1 unspecified atom stereocenters. The molecule has 0 saturated heterocycles. The lowest BCUT2D eigenvalue weighted by atomic mass is 10.1. The Balaban J connectivity index is 1.47. The molecule has 0 saturated carbocycles. The van der Waals surface area contributed by atoms with Crippen LogP contribution in [-0.2, 0) is 11.2 Å². The highest BCUT2D eigenvalue weighted by atomic mass is 35.5. The summed E-state index contributed by atoms with van der Waals surface area (Å²) in [5, 5.41) is 3.45. The topological polar surface area (TPSA) is 56.1 Å². The minimum Gasteiger partial charge on any atom is -0.495 e. The van der Waals surface area contributed by atoms with Crippen LogP contribution in [0.1, 0.15) is 29.2 Å². The van der Waals surface area contributed by atoms with Gasteiger partial charge < -0.3 is 10.1 Å². The van der Waals surface area contributed by atoms with Crippen molar-refractivity contribution < 1.29 is 9.53 Å². The normalized spacial score (nSPS) is 15.6. The van der Waals surface area contributed by atoms with Crippen LogP contribution in [0.3, 0.4) is 0 Å². The fraction of sp³-hybridized carbons (Fsp3) is 0.182. The minimum absolute atomic E-state index is 0.0774. The molecule has 3 aromatic rings. The first kappa shape index (κ1) is 18.3. The fourth-order valence-corrected chi connectivity index (χ4v) is 3.76. The molecule has 0 spiro atoms. The first-order valence-corrected chi connectivity index (χ1v) is 9.47. The molecule has 1 aliphatic rings. The van der Waals surface area contributed by atoms with Crippen LogP contribution < -0.4 is 10.1 Å². The molecule has 1 heterocycles. The molecule has 5 nitrogen and oxygen atoms in total. The van der Waals surface area contributed by atoms with E-state index in [1.54, 1.807) is 36.2 Å². The van der Waals surface area contributed by atoms with Gasteiger partial charge in [0, 0.05) is 18.5 Å². The quantitative estimate of drug-likeness (QED) is 0.655. The van der Waals surface area contributed by atoms with Gasteiger partial charge in [-0.1, -0.05) is 30.3 Å². The SMILES string of the molecule is COc1cc(C=CC(=O)NC2CCc3ccccc32)ccc1-n1ccnc1Cl. The van der Waals surface area contributed by atoms with Crippen LogP contribution >= 0.6 is 11.6 Å². The molecule has 1 aliphatic carbocycles. The van der Waals surface area contributed by atoms with Gasteiger partial charge in [-0.2, -0.15) is 0 Å². The number of amides is 1. The lowest BCUT2D eigenvalue weighted by Crippen LogP contribution is -2.25. The predicted molar refractivity (Wildman–Crippen MR) is 110 cm³/mol. The van der Waals surface area contributed by atoms with Crippen LogP contribution in [0.15, 0.2) is 60.9 Å². The molecule has 0 radical (unpaired) electrons. The van der Waals surface area contributed by atoms with E-state index in [4.69, 9.17) is 16.3 Å². The Hall–Kier alpha value is -3.05. The Bertz CT molecular complexity index is 1040. The van der Waals surface area contributed by atoms with Crippen LogP contribution in [0.2, 0.25) is 5.28 Å². The van der Waals surface area contributed by atoms with E-state index in [2.05, 4.69) is 22.4 Å². The number of aryl methyl sites for hydroxylation is 1. The Morgan fingerprint density at radius 1 is 1.32 bits per heavy atom. The molecule has 1 N–H and O–H groups in total. The number of hydrogen-bond acceptors (Lipinski definition) is 3. The number of rotatable bonds is 5. The minimum atomic E-state index is -0.109. The van der Waals surface area contributed by atoms with Gasteiger partial charge in [-0.25, -0.2) is 4.98 Å². The van der Waals surface area contributed by atoms with Crippen molar-refractivity contribution in [3.63, 3.8) is 0 Å². The van der Waals surface area contributed by atoms with Crippen LogP contribution in [0, 0.1) is 0 Å². The van der Waals surface area contributed by atoms with Gasteiger partial charge in [0.1, 0.15) is 5.75 Å². The number of ether oxygens (including phenoxy) is 1. The number of methoxy groups -OCH3 is 1. The van der Waals surface area contributed by atoms with Gasteiger partial charge in [0.05, 0.1) is 18.8 Å². The van der Waals surface area contributed by atoms with Crippen LogP contribution in [0.4, 0.5) is 0 Å². The van der Waals surface area contributed by atoms with Crippen LogP contribution in [0.25, 0.3) is 11.8 Å². The Kier molecular flexibility index (Phi) is 5.17. The lowest BCUT2D eigenvalue weighted by molar-refractivity contribution is -0.117. The Morgan fingerprint density at radius 3 is 2.96 bits per heavy atom. The molecule has 0 bridgehead atoms. The van der Waals surface area contributed by atoms with Crippen molar-refractivity contribution in [1.82, 2.24) is 14.9 Å². The van der Waals surface area contributed by atoms with Gasteiger partial charge >= 0.3 is 0 Å². The fourth-order valence-electron chi connectivity index (χ4n) is 3.56. The van der Waals surface area contributed by atoms with Crippen molar-refractivity contribution in [2.24, 2.45) is 0 Å². The summed E-state index contributed by atoms with van der Waals surface area (Å²) in [7, 11) is 1.60. The van der Waals surface area contributed by atoms with E-state index < -0.39 is 0 Å². The van der Waals surface area contributed by atoms with Crippen molar-refractivity contribution in [3.05, 3.63) is 82.9 Å². The van der Waals surface area contributed by atoms with Crippen molar-refractivity contribution in [2.45, 2.75) is 18.9 Å². The third kappa shape index (κ3) is 3.66. The first-order chi connectivity index (χ1) is 13.7. The van der Waals surface area contributed by atoms with E-state index in [0.717, 1.165) is 24.1 Å². The summed E-state index contributed by atoms with van der Waals surface area (Å²) in [6.07, 6.45) is 8.66. The van der Waals surface area contributed by atoms with E-state index in [1.165, 1.54) is 11.1 Å². The number of hydrogen-bond donors (Lipinski definition) is 1. The summed E-state index contributed by atoms with van der Waals surface area (Å²) in [6, 6.07) is 14.0. The largest absolute Gasteiger partial charge is 0.495 e. The van der Waals surface area contributed by atoms with Crippen LogP contribution in [-0.4, -0.2) is 22.6 Å². The van der Waals surface area contributed by atoms with E-state index in [9.17, 15) is 4.79 Å². The summed E-state index contributed by atoms with van der Waals surface area (Å²) < 4.78 is 7.21. The molecule has 6 heteroatoms. The summed E-state index contributed by atoms with van der Waals surface area (Å²) in [5.74, 6) is 0.537. The second kappa shape index (κ2) is 7.90. The maximum atomic E-state index is 12.4. The second-order valence-electron chi connectivity index (χ2n) is 6.63. The van der Waals surface area contributed by atoms with Crippen molar-refractivity contribution in [1.29, 1.82) is 0 Å². The monoisotopic (exact) mass is 393 g/mol. The number of nitrogens with one attached hydrogen (secondary N) is 1. The van der Waals surface area contributed by atoms with Crippen molar-refractivity contribution >= 4 is 23.6 Å². The third-order valence-electron chi connectivity index (χ3n) is 4.94. The summed E-state index contributed by atoms with van der Waals surface area (Å²) in [6.45, 7) is 0.